The lowest BCUT2D eigenvalue weighted by Gasteiger charge is -2.35. The van der Waals surface area contributed by atoms with Crippen LogP contribution in [0.1, 0.15) is 18.7 Å². The van der Waals surface area contributed by atoms with Crippen LogP contribution in [0.3, 0.4) is 0 Å². The topological polar surface area (TPSA) is 45.6 Å². The summed E-state index contributed by atoms with van der Waals surface area (Å²) in [6.45, 7) is 4.59. The van der Waals surface area contributed by atoms with Crippen LogP contribution in [0.15, 0.2) is 53.4 Å². The van der Waals surface area contributed by atoms with Crippen molar-refractivity contribution in [3.05, 3.63) is 58.3 Å². The third kappa shape index (κ3) is 3.05. The number of benzene rings is 1. The van der Waals surface area contributed by atoms with Crippen LogP contribution in [-0.2, 0) is 9.59 Å². The summed E-state index contributed by atoms with van der Waals surface area (Å²) in [5.41, 5.74) is 3.49. The van der Waals surface area contributed by atoms with Gasteiger partial charge in [0.2, 0.25) is 0 Å². The average molecular weight is 466 g/mol. The predicted molar refractivity (Wildman–Crippen MR) is 132 cm³/mol. The molecule has 0 aliphatic carbocycles. The fourth-order valence-electron chi connectivity index (χ4n) is 3.96. The predicted octanol–water partition coefficient (Wildman–Crippen LogP) is 5.29. The molecule has 0 atom stereocenters. The molecule has 5 nitrogen and oxygen atoms in total. The molecule has 0 bridgehead atoms. The summed E-state index contributed by atoms with van der Waals surface area (Å²) in [4.78, 5) is 29.8. The zero-order chi connectivity index (χ0) is 21.7. The number of carbonyl (C=O) groups is 2. The molecule has 3 aromatic heterocycles. The Kier molecular flexibility index (Phi) is 5.00. The number of hydrogen-bond acceptors (Lipinski definition) is 5. The molecule has 1 aromatic carbocycles. The average Bonchev–Trinajstić information content (AvgIpc) is 3.45. The van der Waals surface area contributed by atoms with Crippen LogP contribution in [0.25, 0.3) is 32.2 Å². The summed E-state index contributed by atoms with van der Waals surface area (Å²) in [5.74, 6) is -0.653. The molecule has 0 N–H and O–H groups in total. The first kappa shape index (κ1) is 20.1. The molecule has 5 rings (SSSR count). The van der Waals surface area contributed by atoms with Crippen molar-refractivity contribution in [2.75, 3.05) is 13.1 Å². The molecule has 0 radical (unpaired) electrons. The molecule has 1 aliphatic rings. The Balaban J connectivity index is 1.67. The van der Waals surface area contributed by atoms with Crippen LogP contribution in [0.2, 0.25) is 0 Å². The highest BCUT2D eigenvalue weighted by Crippen LogP contribution is 2.41. The SMILES string of the molecule is CCN1C(=O)C(=Cc2cc3c(s2)c2sccc2n3-c2ccccc2)C(=O)N(CC)C1=S. The van der Waals surface area contributed by atoms with E-state index in [1.807, 2.05) is 32.0 Å². The highest BCUT2D eigenvalue weighted by Gasteiger charge is 2.38. The molecule has 8 heteroatoms. The number of fused-ring (bicyclic) bond motifs is 3. The number of thiocarbonyl (C=S) groups is 1. The number of thiophene rings is 2. The van der Waals surface area contributed by atoms with Crippen LogP contribution < -0.4 is 0 Å². The van der Waals surface area contributed by atoms with Crippen LogP contribution in [-0.4, -0.2) is 44.4 Å². The Morgan fingerprint density at radius 2 is 1.61 bits per heavy atom. The van der Waals surface area contributed by atoms with Crippen molar-refractivity contribution < 1.29 is 9.59 Å². The fourth-order valence-corrected chi connectivity index (χ4v) is 6.51. The quantitative estimate of drug-likeness (QED) is 0.234. The lowest BCUT2D eigenvalue weighted by atomic mass is 10.1. The van der Waals surface area contributed by atoms with Gasteiger partial charge in [0.1, 0.15) is 5.57 Å². The number of aromatic nitrogens is 1. The summed E-state index contributed by atoms with van der Waals surface area (Å²) in [6, 6.07) is 14.4. The van der Waals surface area contributed by atoms with Gasteiger partial charge in [-0.2, -0.15) is 0 Å². The van der Waals surface area contributed by atoms with E-state index in [9.17, 15) is 9.59 Å². The van der Waals surface area contributed by atoms with Crippen molar-refractivity contribution in [3.8, 4) is 5.69 Å². The normalized spacial score (nSPS) is 15.0. The molecule has 4 heterocycles. The molecule has 31 heavy (non-hydrogen) atoms. The fraction of sp³-hybridized carbons (Fsp3) is 0.174. The lowest BCUT2D eigenvalue weighted by molar-refractivity contribution is -0.133. The molecule has 0 saturated carbocycles. The van der Waals surface area contributed by atoms with E-state index >= 15 is 0 Å². The van der Waals surface area contributed by atoms with Gasteiger partial charge >= 0.3 is 0 Å². The smallest absolute Gasteiger partial charge is 0.265 e. The first-order valence-electron chi connectivity index (χ1n) is 10.0. The van der Waals surface area contributed by atoms with Crippen LogP contribution in [0.4, 0.5) is 0 Å². The third-order valence-corrected chi connectivity index (χ3v) is 7.99. The maximum Gasteiger partial charge on any atom is 0.265 e. The first-order valence-corrected chi connectivity index (χ1v) is 12.1. The van der Waals surface area contributed by atoms with E-state index in [0.717, 1.165) is 20.8 Å². The number of likely N-dealkylation sites (N-methyl/N-ethyl adjacent to an activating group) is 2. The lowest BCUT2D eigenvalue weighted by Crippen LogP contribution is -2.55. The Morgan fingerprint density at radius 1 is 0.935 bits per heavy atom. The zero-order valence-electron chi connectivity index (χ0n) is 17.0. The van der Waals surface area contributed by atoms with Gasteiger partial charge in [-0.15, -0.1) is 22.7 Å². The minimum absolute atomic E-state index is 0.162. The minimum atomic E-state index is -0.326. The van der Waals surface area contributed by atoms with E-state index < -0.39 is 0 Å². The Labute approximate surface area is 192 Å². The third-order valence-electron chi connectivity index (χ3n) is 5.41. The van der Waals surface area contributed by atoms with Gasteiger partial charge in [0.05, 0.1) is 20.4 Å². The molecule has 0 spiro atoms. The van der Waals surface area contributed by atoms with Crippen molar-refractivity contribution in [1.82, 2.24) is 14.4 Å². The molecule has 156 valence electrons. The van der Waals surface area contributed by atoms with Crippen molar-refractivity contribution in [2.24, 2.45) is 0 Å². The first-order chi connectivity index (χ1) is 15.0. The molecule has 1 saturated heterocycles. The van der Waals surface area contributed by atoms with Gasteiger partial charge in [0.25, 0.3) is 11.8 Å². The van der Waals surface area contributed by atoms with Crippen LogP contribution >= 0.6 is 34.9 Å². The molecule has 1 fully saturated rings. The Morgan fingerprint density at radius 3 is 2.26 bits per heavy atom. The van der Waals surface area contributed by atoms with E-state index in [4.69, 9.17) is 12.2 Å². The van der Waals surface area contributed by atoms with Crippen molar-refractivity contribution in [2.45, 2.75) is 13.8 Å². The van der Waals surface area contributed by atoms with E-state index in [2.05, 4.69) is 34.2 Å². The zero-order valence-corrected chi connectivity index (χ0v) is 19.4. The van der Waals surface area contributed by atoms with Gasteiger partial charge in [-0.05, 0) is 61.8 Å². The van der Waals surface area contributed by atoms with Crippen LogP contribution in [0.5, 0.6) is 0 Å². The maximum absolute atomic E-state index is 13.0. The van der Waals surface area contributed by atoms with Gasteiger partial charge in [-0.1, -0.05) is 18.2 Å². The number of rotatable bonds is 4. The second-order valence-electron chi connectivity index (χ2n) is 7.11. The summed E-state index contributed by atoms with van der Waals surface area (Å²) < 4.78 is 4.60. The number of para-hydroxylation sites is 1. The van der Waals surface area contributed by atoms with Crippen molar-refractivity contribution >= 4 is 78.3 Å². The van der Waals surface area contributed by atoms with E-state index in [1.54, 1.807) is 28.7 Å². The number of amides is 2. The highest BCUT2D eigenvalue weighted by atomic mass is 32.1. The summed E-state index contributed by atoms with van der Waals surface area (Å²) in [5, 5.41) is 2.37. The van der Waals surface area contributed by atoms with Crippen LogP contribution in [0, 0.1) is 0 Å². The number of carbonyl (C=O) groups excluding carboxylic acids is 2. The molecular weight excluding hydrogens is 446 g/mol. The van der Waals surface area contributed by atoms with Gasteiger partial charge < -0.3 is 4.57 Å². The Hall–Kier alpha value is -2.81. The summed E-state index contributed by atoms with van der Waals surface area (Å²) in [7, 11) is 0. The molecule has 1 aliphatic heterocycles. The minimum Gasteiger partial charge on any atom is -0.307 e. The standard InChI is InChI=1S/C23H19N3O2S3/c1-3-24-21(27)16(22(28)25(4-2)23(24)29)12-15-13-18-20(31-15)19-17(10-11-30-19)26(18)14-8-6-5-7-9-14/h5-13H,3-4H2,1-2H3. The molecule has 2 amide bonds. The van der Waals surface area contributed by atoms with Gasteiger partial charge in [-0.3, -0.25) is 19.4 Å². The van der Waals surface area contributed by atoms with Gasteiger partial charge in [0.15, 0.2) is 5.11 Å². The molecular formula is C23H19N3O2S3. The second-order valence-corrected chi connectivity index (χ2v) is 9.47. The van der Waals surface area contributed by atoms with E-state index in [1.165, 1.54) is 20.0 Å². The maximum atomic E-state index is 13.0. The molecule has 0 unspecified atom stereocenters. The van der Waals surface area contributed by atoms with Gasteiger partial charge in [-0.25, -0.2) is 0 Å². The second kappa shape index (κ2) is 7.71. The van der Waals surface area contributed by atoms with Gasteiger partial charge in [0, 0.05) is 23.7 Å². The molecule has 4 aromatic rings. The number of hydrogen-bond donors (Lipinski definition) is 0. The summed E-state index contributed by atoms with van der Waals surface area (Å²) >= 11 is 8.66. The van der Waals surface area contributed by atoms with Crippen molar-refractivity contribution in [1.29, 1.82) is 0 Å². The monoisotopic (exact) mass is 465 g/mol. The summed E-state index contributed by atoms with van der Waals surface area (Å²) in [6.07, 6.45) is 1.72. The largest absolute Gasteiger partial charge is 0.307 e. The Bertz CT molecular complexity index is 1350. The van der Waals surface area contributed by atoms with Crippen molar-refractivity contribution in [3.63, 3.8) is 0 Å². The van der Waals surface area contributed by atoms with E-state index in [0.29, 0.717) is 13.1 Å². The number of nitrogens with zero attached hydrogens (tertiary/aromatic N) is 3. The highest BCUT2D eigenvalue weighted by molar-refractivity contribution is 7.80. The van der Waals surface area contributed by atoms with E-state index in [-0.39, 0.29) is 22.5 Å².